The van der Waals surface area contributed by atoms with Gasteiger partial charge >= 0.3 is 6.09 Å². The lowest BCUT2D eigenvalue weighted by atomic mass is 9.78. The fourth-order valence-electron chi connectivity index (χ4n) is 3.25. The maximum Gasteiger partial charge on any atom is 0.410 e. The van der Waals surface area contributed by atoms with Crippen molar-refractivity contribution >= 4 is 6.09 Å². The average Bonchev–Trinajstić information content (AvgIpc) is 2.35. The molecule has 3 atom stereocenters. The Kier molecular flexibility index (Phi) is 6.94. The minimum absolute atomic E-state index is 0.225. The SMILES string of the molecule is CC1CCCC(NCCN(C(=O)OC(C)(C)C)C(C)(C)C)C1C. The van der Waals surface area contributed by atoms with Crippen molar-refractivity contribution in [3.63, 3.8) is 0 Å². The summed E-state index contributed by atoms with van der Waals surface area (Å²) >= 11 is 0. The molecule has 1 amide bonds. The lowest BCUT2D eigenvalue weighted by molar-refractivity contribution is 0.00614. The van der Waals surface area contributed by atoms with Crippen molar-refractivity contribution in [1.29, 1.82) is 0 Å². The second-order valence-corrected chi connectivity index (χ2v) is 9.13. The highest BCUT2D eigenvalue weighted by Crippen LogP contribution is 2.29. The van der Waals surface area contributed by atoms with Gasteiger partial charge in [-0.1, -0.05) is 26.7 Å². The van der Waals surface area contributed by atoms with E-state index in [9.17, 15) is 4.79 Å². The molecule has 0 bridgehead atoms. The van der Waals surface area contributed by atoms with Crippen molar-refractivity contribution in [3.05, 3.63) is 0 Å². The Morgan fingerprint density at radius 2 is 1.74 bits per heavy atom. The van der Waals surface area contributed by atoms with Crippen molar-refractivity contribution in [3.8, 4) is 0 Å². The molecule has 0 heterocycles. The van der Waals surface area contributed by atoms with Crippen LogP contribution in [0, 0.1) is 11.8 Å². The molecule has 0 spiro atoms. The standard InChI is InChI=1S/C19H38N2O2/c1-14-10-9-11-16(15(14)2)20-12-13-21(18(3,4)5)17(22)23-19(6,7)8/h14-16,20H,9-13H2,1-8H3. The summed E-state index contributed by atoms with van der Waals surface area (Å²) in [7, 11) is 0. The van der Waals surface area contributed by atoms with Gasteiger partial charge in [-0.2, -0.15) is 0 Å². The Hall–Kier alpha value is -0.770. The molecule has 1 rings (SSSR count). The molecule has 1 aliphatic rings. The molecule has 1 saturated carbocycles. The van der Waals surface area contributed by atoms with E-state index in [1.54, 1.807) is 0 Å². The number of amides is 1. The minimum atomic E-state index is -0.457. The van der Waals surface area contributed by atoms with E-state index in [0.29, 0.717) is 18.5 Å². The largest absolute Gasteiger partial charge is 0.444 e. The van der Waals surface area contributed by atoms with Gasteiger partial charge in [0.05, 0.1) is 0 Å². The van der Waals surface area contributed by atoms with Gasteiger partial charge in [-0.3, -0.25) is 0 Å². The molecular weight excluding hydrogens is 288 g/mol. The molecular formula is C19H38N2O2. The van der Waals surface area contributed by atoms with Crippen LogP contribution in [0.3, 0.4) is 0 Å². The zero-order valence-corrected chi connectivity index (χ0v) is 16.5. The molecule has 4 heteroatoms. The molecule has 136 valence electrons. The first-order valence-corrected chi connectivity index (χ1v) is 9.16. The van der Waals surface area contributed by atoms with Crippen LogP contribution >= 0.6 is 0 Å². The first-order chi connectivity index (χ1) is 10.4. The van der Waals surface area contributed by atoms with Crippen molar-refractivity contribution in [1.82, 2.24) is 10.2 Å². The summed E-state index contributed by atoms with van der Waals surface area (Å²) in [6.45, 7) is 18.1. The molecule has 1 fully saturated rings. The summed E-state index contributed by atoms with van der Waals surface area (Å²) in [6.07, 6.45) is 3.66. The van der Waals surface area contributed by atoms with Crippen molar-refractivity contribution in [2.45, 2.75) is 91.8 Å². The highest BCUT2D eigenvalue weighted by Gasteiger charge is 2.31. The Balaban J connectivity index is 2.57. The Labute approximate surface area is 143 Å². The van der Waals surface area contributed by atoms with Crippen molar-refractivity contribution < 1.29 is 9.53 Å². The van der Waals surface area contributed by atoms with Crippen LogP contribution in [-0.2, 0) is 4.74 Å². The summed E-state index contributed by atoms with van der Waals surface area (Å²) in [5.41, 5.74) is -0.698. The number of carbonyl (C=O) groups excluding carboxylic acids is 1. The van der Waals surface area contributed by atoms with Crippen molar-refractivity contribution in [2.75, 3.05) is 13.1 Å². The van der Waals surface area contributed by atoms with Gasteiger partial charge in [-0.15, -0.1) is 0 Å². The van der Waals surface area contributed by atoms with Gasteiger partial charge in [-0.25, -0.2) is 4.79 Å². The summed E-state index contributed by atoms with van der Waals surface area (Å²) in [4.78, 5) is 14.3. The topological polar surface area (TPSA) is 41.6 Å². The zero-order chi connectivity index (χ0) is 17.8. The number of nitrogens with zero attached hydrogens (tertiary/aromatic N) is 1. The van der Waals surface area contributed by atoms with Crippen LogP contribution in [0.15, 0.2) is 0 Å². The first kappa shape index (κ1) is 20.3. The molecule has 0 saturated heterocycles. The van der Waals surface area contributed by atoms with Gasteiger partial charge in [0.25, 0.3) is 0 Å². The van der Waals surface area contributed by atoms with Gasteiger partial charge in [-0.05, 0) is 59.8 Å². The number of nitrogens with one attached hydrogen (secondary N) is 1. The molecule has 1 N–H and O–H groups in total. The van der Waals surface area contributed by atoms with E-state index in [1.807, 2.05) is 25.7 Å². The highest BCUT2D eigenvalue weighted by atomic mass is 16.6. The number of ether oxygens (including phenoxy) is 1. The lowest BCUT2D eigenvalue weighted by Gasteiger charge is -2.38. The molecule has 0 aromatic carbocycles. The maximum atomic E-state index is 12.5. The highest BCUT2D eigenvalue weighted by molar-refractivity contribution is 5.69. The number of hydrogen-bond donors (Lipinski definition) is 1. The monoisotopic (exact) mass is 326 g/mol. The Morgan fingerprint density at radius 1 is 1.13 bits per heavy atom. The molecule has 0 aromatic rings. The van der Waals surface area contributed by atoms with E-state index in [2.05, 4.69) is 39.9 Å². The van der Waals surface area contributed by atoms with E-state index in [-0.39, 0.29) is 11.6 Å². The quantitative estimate of drug-likeness (QED) is 0.830. The predicted molar refractivity (Wildman–Crippen MR) is 96.7 cm³/mol. The van der Waals surface area contributed by atoms with Crippen LogP contribution in [0.2, 0.25) is 0 Å². The minimum Gasteiger partial charge on any atom is -0.444 e. The molecule has 0 radical (unpaired) electrons. The molecule has 0 aliphatic heterocycles. The fraction of sp³-hybridized carbons (Fsp3) is 0.947. The summed E-state index contributed by atoms with van der Waals surface area (Å²) in [5.74, 6) is 1.49. The first-order valence-electron chi connectivity index (χ1n) is 9.16. The Morgan fingerprint density at radius 3 is 2.26 bits per heavy atom. The van der Waals surface area contributed by atoms with Crippen LogP contribution in [0.4, 0.5) is 4.79 Å². The summed E-state index contributed by atoms with van der Waals surface area (Å²) in [6, 6.07) is 0.569. The van der Waals surface area contributed by atoms with E-state index in [1.165, 1.54) is 19.3 Å². The van der Waals surface area contributed by atoms with Crippen LogP contribution in [0.1, 0.15) is 74.7 Å². The Bertz CT molecular complexity index is 382. The number of carbonyl (C=O) groups is 1. The second kappa shape index (κ2) is 7.87. The maximum absolute atomic E-state index is 12.5. The van der Waals surface area contributed by atoms with E-state index in [4.69, 9.17) is 4.74 Å². The van der Waals surface area contributed by atoms with Crippen LogP contribution in [0.5, 0.6) is 0 Å². The molecule has 4 nitrogen and oxygen atoms in total. The smallest absolute Gasteiger partial charge is 0.410 e. The third-order valence-corrected chi connectivity index (χ3v) is 4.87. The molecule has 3 unspecified atom stereocenters. The van der Waals surface area contributed by atoms with Gasteiger partial charge in [0.1, 0.15) is 5.60 Å². The summed E-state index contributed by atoms with van der Waals surface area (Å²) in [5, 5.41) is 3.67. The average molecular weight is 327 g/mol. The van der Waals surface area contributed by atoms with E-state index < -0.39 is 5.60 Å². The normalized spacial score (nSPS) is 26.0. The lowest BCUT2D eigenvalue weighted by Crippen LogP contribution is -2.51. The third-order valence-electron chi connectivity index (χ3n) is 4.87. The molecule has 23 heavy (non-hydrogen) atoms. The zero-order valence-electron chi connectivity index (χ0n) is 16.5. The van der Waals surface area contributed by atoms with Gasteiger partial charge in [0.15, 0.2) is 0 Å². The predicted octanol–water partition coefficient (Wildman–Crippen LogP) is 4.44. The van der Waals surface area contributed by atoms with Gasteiger partial charge < -0.3 is 15.0 Å². The van der Waals surface area contributed by atoms with E-state index >= 15 is 0 Å². The van der Waals surface area contributed by atoms with Crippen LogP contribution in [0.25, 0.3) is 0 Å². The van der Waals surface area contributed by atoms with Crippen LogP contribution in [-0.4, -0.2) is 41.3 Å². The molecule has 1 aliphatic carbocycles. The number of rotatable bonds is 4. The second-order valence-electron chi connectivity index (χ2n) is 9.13. The van der Waals surface area contributed by atoms with Gasteiger partial charge in [0, 0.05) is 24.7 Å². The van der Waals surface area contributed by atoms with Gasteiger partial charge in [0.2, 0.25) is 0 Å². The third kappa shape index (κ3) is 6.70. The van der Waals surface area contributed by atoms with Crippen molar-refractivity contribution in [2.24, 2.45) is 11.8 Å². The number of hydrogen-bond acceptors (Lipinski definition) is 3. The molecule has 0 aromatic heterocycles. The van der Waals surface area contributed by atoms with E-state index in [0.717, 1.165) is 12.5 Å². The van der Waals surface area contributed by atoms with Crippen LogP contribution < -0.4 is 5.32 Å². The summed E-state index contributed by atoms with van der Waals surface area (Å²) < 4.78 is 5.57. The fourth-order valence-corrected chi connectivity index (χ4v) is 3.25.